The normalized spacial score (nSPS) is 18.0. The lowest BCUT2D eigenvalue weighted by molar-refractivity contribution is -0.129. The standard InChI is InChI=1S/C33H39N3O8S/c1-3-23(2)18-36(45(40,41)26-14-15-29-30(17-26)43-22-42-29)20-28(37)27(16-24-10-6-4-7-11-24)34-32(38)31-21-35(33(39)44-31)19-25-12-8-5-9-13-25/h4-15,17,23,27-28,31,37H,3,16,18-22H2,1-2H3,(H,34,38)/t23-,27?,28+,31-/m0/s1. The first-order valence-corrected chi connectivity index (χ1v) is 16.5. The van der Waals surface area contributed by atoms with Gasteiger partial charge in [-0.3, -0.25) is 9.69 Å². The van der Waals surface area contributed by atoms with Gasteiger partial charge in [0.25, 0.3) is 5.91 Å². The first kappa shape index (κ1) is 32.3. The third kappa shape index (κ3) is 7.94. The number of carbonyl (C=O) groups excluding carboxylic acids is 2. The molecule has 45 heavy (non-hydrogen) atoms. The van der Waals surface area contributed by atoms with Gasteiger partial charge in [-0.2, -0.15) is 4.31 Å². The maximum Gasteiger partial charge on any atom is 0.411 e. The van der Waals surface area contributed by atoms with Crippen LogP contribution >= 0.6 is 0 Å². The van der Waals surface area contributed by atoms with Crippen molar-refractivity contribution in [3.63, 3.8) is 0 Å². The topological polar surface area (TPSA) is 135 Å². The van der Waals surface area contributed by atoms with Crippen molar-refractivity contribution >= 4 is 22.0 Å². The minimum atomic E-state index is -4.07. The van der Waals surface area contributed by atoms with Crippen LogP contribution in [0.25, 0.3) is 0 Å². The van der Waals surface area contributed by atoms with Crippen LogP contribution in [0.1, 0.15) is 31.4 Å². The summed E-state index contributed by atoms with van der Waals surface area (Å²) in [6, 6.07) is 22.2. The molecule has 3 aromatic carbocycles. The van der Waals surface area contributed by atoms with E-state index in [9.17, 15) is 23.1 Å². The van der Waals surface area contributed by atoms with Crippen molar-refractivity contribution in [2.24, 2.45) is 5.92 Å². The summed E-state index contributed by atoms with van der Waals surface area (Å²) >= 11 is 0. The van der Waals surface area contributed by atoms with E-state index in [1.807, 2.05) is 74.5 Å². The SMILES string of the molecule is CC[C@H](C)CN(C[C@@H](O)C(Cc1ccccc1)NC(=O)[C@@H]1CN(Cc2ccccc2)C(=O)O1)S(=O)(=O)c1ccc2c(c1)OCO2. The van der Waals surface area contributed by atoms with Gasteiger partial charge < -0.3 is 24.6 Å². The summed E-state index contributed by atoms with van der Waals surface area (Å²) < 4.78 is 45.2. The van der Waals surface area contributed by atoms with Crippen molar-refractivity contribution in [3.05, 3.63) is 90.0 Å². The monoisotopic (exact) mass is 637 g/mol. The molecule has 0 saturated carbocycles. The van der Waals surface area contributed by atoms with E-state index < -0.39 is 40.3 Å². The lowest BCUT2D eigenvalue weighted by atomic mass is 10.0. The predicted octanol–water partition coefficient (Wildman–Crippen LogP) is 3.56. The van der Waals surface area contributed by atoms with E-state index in [-0.39, 0.29) is 43.7 Å². The number of sulfonamides is 1. The third-order valence-corrected chi connectivity index (χ3v) is 9.90. The minimum Gasteiger partial charge on any atom is -0.454 e. The van der Waals surface area contributed by atoms with Crippen molar-refractivity contribution < 1.29 is 37.3 Å². The van der Waals surface area contributed by atoms with Crippen LogP contribution in [0.5, 0.6) is 11.5 Å². The number of nitrogens with zero attached hydrogens (tertiary/aromatic N) is 2. The zero-order valence-electron chi connectivity index (χ0n) is 25.4. The van der Waals surface area contributed by atoms with Crippen LogP contribution in [0.2, 0.25) is 0 Å². The van der Waals surface area contributed by atoms with Crippen molar-refractivity contribution in [3.8, 4) is 11.5 Å². The summed E-state index contributed by atoms with van der Waals surface area (Å²) in [6.07, 6.45) is -2.03. The Bertz CT molecular complexity index is 1570. The average molecular weight is 638 g/mol. The van der Waals surface area contributed by atoms with Crippen molar-refractivity contribution in [2.45, 2.75) is 56.4 Å². The fourth-order valence-corrected chi connectivity index (χ4v) is 6.87. The highest BCUT2D eigenvalue weighted by Gasteiger charge is 2.38. The number of cyclic esters (lactones) is 1. The van der Waals surface area contributed by atoms with E-state index >= 15 is 0 Å². The number of ether oxygens (including phenoxy) is 3. The molecule has 0 bridgehead atoms. The molecule has 4 atom stereocenters. The number of rotatable bonds is 14. The molecule has 2 heterocycles. The highest BCUT2D eigenvalue weighted by atomic mass is 32.2. The third-order valence-electron chi connectivity index (χ3n) is 8.07. The highest BCUT2D eigenvalue weighted by molar-refractivity contribution is 7.89. The second kappa shape index (κ2) is 14.3. The summed E-state index contributed by atoms with van der Waals surface area (Å²) in [5, 5.41) is 14.5. The second-order valence-corrected chi connectivity index (χ2v) is 13.4. The van der Waals surface area contributed by atoms with Gasteiger partial charge in [-0.25, -0.2) is 13.2 Å². The summed E-state index contributed by atoms with van der Waals surface area (Å²) in [4.78, 5) is 27.5. The van der Waals surface area contributed by atoms with Crippen LogP contribution in [0.3, 0.4) is 0 Å². The average Bonchev–Trinajstić information content (AvgIpc) is 3.67. The lowest BCUT2D eigenvalue weighted by Gasteiger charge is -2.31. The molecule has 1 fully saturated rings. The molecule has 240 valence electrons. The van der Waals surface area contributed by atoms with Crippen molar-refractivity contribution in [1.82, 2.24) is 14.5 Å². The van der Waals surface area contributed by atoms with Crippen LogP contribution in [0.4, 0.5) is 4.79 Å². The number of hydrogen-bond acceptors (Lipinski definition) is 8. The summed E-state index contributed by atoms with van der Waals surface area (Å²) in [5.41, 5.74) is 1.74. The highest BCUT2D eigenvalue weighted by Crippen LogP contribution is 2.35. The van der Waals surface area contributed by atoms with Gasteiger partial charge in [-0.05, 0) is 35.6 Å². The zero-order chi connectivity index (χ0) is 32.0. The molecule has 5 rings (SSSR count). The molecule has 2 aliphatic heterocycles. The molecule has 12 heteroatoms. The van der Waals surface area contributed by atoms with E-state index in [0.29, 0.717) is 18.0 Å². The molecule has 0 aliphatic carbocycles. The number of fused-ring (bicyclic) bond motifs is 1. The molecule has 2 amide bonds. The Kier molecular flexibility index (Phi) is 10.3. The molecule has 0 radical (unpaired) electrons. The number of benzene rings is 3. The predicted molar refractivity (Wildman–Crippen MR) is 166 cm³/mol. The molecular weight excluding hydrogens is 598 g/mol. The van der Waals surface area contributed by atoms with Crippen LogP contribution in [-0.2, 0) is 32.5 Å². The number of amides is 2. The van der Waals surface area contributed by atoms with Gasteiger partial charge in [0.2, 0.25) is 16.8 Å². The number of hydrogen-bond donors (Lipinski definition) is 2. The molecule has 2 N–H and O–H groups in total. The Morgan fingerprint density at radius 2 is 1.67 bits per heavy atom. The smallest absolute Gasteiger partial charge is 0.411 e. The molecular formula is C33H39N3O8S. The Morgan fingerprint density at radius 1 is 1.00 bits per heavy atom. The maximum atomic E-state index is 13.9. The van der Waals surface area contributed by atoms with E-state index in [1.165, 1.54) is 21.3 Å². The van der Waals surface area contributed by atoms with Gasteiger partial charge in [0.1, 0.15) is 0 Å². The van der Waals surface area contributed by atoms with Gasteiger partial charge in [0.05, 0.1) is 23.6 Å². The maximum absolute atomic E-state index is 13.9. The number of nitrogens with one attached hydrogen (secondary N) is 1. The molecule has 0 spiro atoms. The fourth-order valence-electron chi connectivity index (χ4n) is 5.27. The number of carbonyl (C=O) groups is 2. The van der Waals surface area contributed by atoms with E-state index in [2.05, 4.69) is 5.32 Å². The van der Waals surface area contributed by atoms with Crippen LogP contribution in [0.15, 0.2) is 83.8 Å². The zero-order valence-corrected chi connectivity index (χ0v) is 26.2. The minimum absolute atomic E-state index is 0.00310. The second-order valence-electron chi connectivity index (χ2n) is 11.5. The summed E-state index contributed by atoms with van der Waals surface area (Å²) in [5.74, 6) is 0.229. The lowest BCUT2D eigenvalue weighted by Crippen LogP contribution is -2.53. The summed E-state index contributed by atoms with van der Waals surface area (Å²) in [7, 11) is -4.07. The quantitative estimate of drug-likeness (QED) is 0.274. The molecule has 0 aromatic heterocycles. The van der Waals surface area contributed by atoms with E-state index in [1.54, 1.807) is 6.07 Å². The van der Waals surface area contributed by atoms with Gasteiger partial charge in [0.15, 0.2) is 17.6 Å². The van der Waals surface area contributed by atoms with Crippen LogP contribution in [0, 0.1) is 5.92 Å². The molecule has 1 saturated heterocycles. The van der Waals surface area contributed by atoms with Crippen molar-refractivity contribution in [1.29, 1.82) is 0 Å². The molecule has 2 aliphatic rings. The van der Waals surface area contributed by atoms with E-state index in [4.69, 9.17) is 14.2 Å². The van der Waals surface area contributed by atoms with Gasteiger partial charge >= 0.3 is 6.09 Å². The Morgan fingerprint density at radius 3 is 2.36 bits per heavy atom. The van der Waals surface area contributed by atoms with Crippen molar-refractivity contribution in [2.75, 3.05) is 26.4 Å². The first-order chi connectivity index (χ1) is 21.6. The number of aliphatic hydroxyl groups excluding tert-OH is 1. The molecule has 3 aromatic rings. The summed E-state index contributed by atoms with van der Waals surface area (Å²) in [6.45, 7) is 4.14. The Labute approximate surface area is 263 Å². The largest absolute Gasteiger partial charge is 0.454 e. The van der Waals surface area contributed by atoms with Crippen LogP contribution < -0.4 is 14.8 Å². The Balaban J connectivity index is 1.34. The fraction of sp³-hybridized carbons (Fsp3) is 0.394. The first-order valence-electron chi connectivity index (χ1n) is 15.1. The van der Waals surface area contributed by atoms with Gasteiger partial charge in [0, 0.05) is 25.7 Å². The Hall–Kier alpha value is -4.13. The molecule has 1 unspecified atom stereocenters. The van der Waals surface area contributed by atoms with Gasteiger partial charge in [-0.15, -0.1) is 0 Å². The van der Waals surface area contributed by atoms with E-state index in [0.717, 1.165) is 17.5 Å². The van der Waals surface area contributed by atoms with Gasteiger partial charge in [-0.1, -0.05) is 80.9 Å². The number of aliphatic hydroxyl groups is 1. The van der Waals surface area contributed by atoms with Crippen LogP contribution in [-0.4, -0.2) is 79.4 Å². The molecule has 11 nitrogen and oxygen atoms in total.